The maximum Gasteiger partial charge on any atom is 0.302 e. The third-order valence-electron chi connectivity index (χ3n) is 3.78. The average molecular weight is 467 g/mol. The Balaban J connectivity index is 4.15. The maximum absolute atomic E-state index is 12.2. The SMILES string of the molecule is CC(=O)OCCSSCC(C)(O)OCCC(C)(C)NC(=O)CN(C)C(=O)CCC=O. The first-order valence-electron chi connectivity index (χ1n) is 9.61. The fourth-order valence-corrected chi connectivity index (χ4v) is 4.27. The Morgan fingerprint density at radius 3 is 2.43 bits per heavy atom. The van der Waals surface area contributed by atoms with Crippen molar-refractivity contribution in [3.05, 3.63) is 0 Å². The predicted molar refractivity (Wildman–Crippen MR) is 118 cm³/mol. The van der Waals surface area contributed by atoms with E-state index in [2.05, 4.69) is 5.32 Å². The lowest BCUT2D eigenvalue weighted by Gasteiger charge is -2.30. The van der Waals surface area contributed by atoms with E-state index >= 15 is 0 Å². The van der Waals surface area contributed by atoms with Crippen LogP contribution in [0.5, 0.6) is 0 Å². The second-order valence-corrected chi connectivity index (χ2v) is 10.2. The maximum atomic E-state index is 12.2. The molecule has 0 rings (SSSR count). The molecule has 0 radical (unpaired) electrons. The third kappa shape index (κ3) is 15.5. The largest absolute Gasteiger partial charge is 0.465 e. The van der Waals surface area contributed by atoms with Crippen molar-refractivity contribution in [3.8, 4) is 0 Å². The van der Waals surface area contributed by atoms with Gasteiger partial charge in [0, 0.05) is 38.1 Å². The van der Waals surface area contributed by atoms with Gasteiger partial charge in [-0.3, -0.25) is 14.4 Å². The number of carbonyl (C=O) groups excluding carboxylic acids is 4. The summed E-state index contributed by atoms with van der Waals surface area (Å²) in [4.78, 5) is 46.2. The summed E-state index contributed by atoms with van der Waals surface area (Å²) in [6, 6.07) is 0. The van der Waals surface area contributed by atoms with Crippen LogP contribution in [0.25, 0.3) is 0 Å². The Hall–Kier alpha value is -1.30. The second kappa shape index (κ2) is 14.7. The van der Waals surface area contributed by atoms with E-state index in [0.29, 0.717) is 30.8 Å². The van der Waals surface area contributed by atoms with Crippen LogP contribution in [0.2, 0.25) is 0 Å². The smallest absolute Gasteiger partial charge is 0.302 e. The lowest BCUT2D eigenvalue weighted by atomic mass is 10.0. The van der Waals surface area contributed by atoms with Gasteiger partial charge in [0.15, 0.2) is 5.79 Å². The van der Waals surface area contributed by atoms with Crippen molar-refractivity contribution in [1.82, 2.24) is 10.2 Å². The molecule has 2 amide bonds. The van der Waals surface area contributed by atoms with Crippen LogP contribution in [0, 0.1) is 0 Å². The Labute approximate surface area is 186 Å². The molecule has 0 aromatic heterocycles. The van der Waals surface area contributed by atoms with Crippen molar-refractivity contribution in [3.63, 3.8) is 0 Å². The number of aldehydes is 1. The molecule has 0 fully saturated rings. The summed E-state index contributed by atoms with van der Waals surface area (Å²) in [5.41, 5.74) is -0.591. The van der Waals surface area contributed by atoms with Crippen LogP contribution in [-0.2, 0) is 28.7 Å². The molecule has 0 heterocycles. The predicted octanol–water partition coefficient (Wildman–Crippen LogP) is 1.38. The molecule has 30 heavy (non-hydrogen) atoms. The summed E-state index contributed by atoms with van der Waals surface area (Å²) in [6.45, 7) is 7.04. The molecule has 1 unspecified atom stereocenters. The highest BCUT2D eigenvalue weighted by Gasteiger charge is 2.25. The number of nitrogens with one attached hydrogen (secondary N) is 1. The summed E-state index contributed by atoms with van der Waals surface area (Å²) in [6.07, 6.45) is 1.35. The molecule has 0 aromatic rings. The number of likely N-dealkylation sites (N-methyl/N-ethyl adjacent to an activating group) is 1. The van der Waals surface area contributed by atoms with Gasteiger partial charge in [-0.25, -0.2) is 0 Å². The molecule has 174 valence electrons. The monoisotopic (exact) mass is 466 g/mol. The van der Waals surface area contributed by atoms with Crippen molar-refractivity contribution >= 4 is 45.7 Å². The van der Waals surface area contributed by atoms with Crippen LogP contribution in [0.4, 0.5) is 0 Å². The van der Waals surface area contributed by atoms with E-state index in [-0.39, 0.29) is 43.8 Å². The molecule has 0 aliphatic rings. The Morgan fingerprint density at radius 1 is 1.17 bits per heavy atom. The van der Waals surface area contributed by atoms with E-state index in [9.17, 15) is 24.3 Å². The quantitative estimate of drug-likeness (QED) is 0.114. The highest BCUT2D eigenvalue weighted by molar-refractivity contribution is 8.76. The van der Waals surface area contributed by atoms with Crippen LogP contribution in [-0.4, -0.2) is 83.7 Å². The van der Waals surface area contributed by atoms with Crippen LogP contribution in [0.15, 0.2) is 0 Å². The first-order chi connectivity index (χ1) is 13.9. The number of ether oxygens (including phenoxy) is 2. The van der Waals surface area contributed by atoms with Crippen molar-refractivity contribution < 1.29 is 33.8 Å². The lowest BCUT2D eigenvalue weighted by molar-refractivity contribution is -0.174. The van der Waals surface area contributed by atoms with Gasteiger partial charge >= 0.3 is 5.97 Å². The molecule has 0 saturated heterocycles. The second-order valence-electron chi connectivity index (χ2n) is 7.58. The fraction of sp³-hybridized carbons (Fsp3) is 0.789. The van der Waals surface area contributed by atoms with Gasteiger partial charge in [0.1, 0.15) is 12.9 Å². The van der Waals surface area contributed by atoms with E-state index in [1.165, 1.54) is 40.5 Å². The number of rotatable bonds is 16. The molecule has 0 aliphatic heterocycles. The third-order valence-corrected chi connectivity index (χ3v) is 6.29. The van der Waals surface area contributed by atoms with Crippen LogP contribution < -0.4 is 5.32 Å². The molecule has 1 atom stereocenters. The average Bonchev–Trinajstić information content (AvgIpc) is 2.61. The van der Waals surface area contributed by atoms with Gasteiger partial charge in [0.25, 0.3) is 0 Å². The highest BCUT2D eigenvalue weighted by atomic mass is 33.1. The molecule has 0 aromatic carbocycles. The molecule has 9 nitrogen and oxygen atoms in total. The van der Waals surface area contributed by atoms with Gasteiger partial charge in [0.05, 0.1) is 18.9 Å². The molecule has 2 N–H and O–H groups in total. The first-order valence-corrected chi connectivity index (χ1v) is 12.1. The fourth-order valence-electron chi connectivity index (χ4n) is 2.15. The molecule has 11 heteroatoms. The van der Waals surface area contributed by atoms with E-state index in [1.807, 2.05) is 13.8 Å². The van der Waals surface area contributed by atoms with Crippen molar-refractivity contribution in [2.75, 3.05) is 38.3 Å². The van der Waals surface area contributed by atoms with Crippen LogP contribution >= 0.6 is 21.6 Å². The number of esters is 1. The van der Waals surface area contributed by atoms with Crippen molar-refractivity contribution in [2.45, 2.75) is 58.3 Å². The van der Waals surface area contributed by atoms with E-state index in [4.69, 9.17) is 9.47 Å². The number of carbonyl (C=O) groups is 4. The Kier molecular flexibility index (Phi) is 14.0. The number of nitrogens with zero attached hydrogens (tertiary/aromatic N) is 1. The topological polar surface area (TPSA) is 122 Å². The molecule has 0 aliphatic carbocycles. The standard InChI is InChI=1S/C19H34N2O7S2/c1-15(23)27-11-12-29-30-14-19(4,26)28-10-8-18(2,3)20-16(24)13-21(5)17(25)7-6-9-22/h9,26H,6-8,10-14H2,1-5H3,(H,20,24). The lowest BCUT2D eigenvalue weighted by Crippen LogP contribution is -2.49. The summed E-state index contributed by atoms with van der Waals surface area (Å²) < 4.78 is 10.4. The van der Waals surface area contributed by atoms with E-state index in [0.717, 1.165) is 0 Å². The summed E-state index contributed by atoms with van der Waals surface area (Å²) in [5.74, 6) is -1.28. The van der Waals surface area contributed by atoms with Gasteiger partial charge in [0.2, 0.25) is 11.8 Å². The van der Waals surface area contributed by atoms with Gasteiger partial charge in [-0.05, 0) is 27.2 Å². The number of aliphatic hydroxyl groups is 1. The number of hydrogen-bond acceptors (Lipinski definition) is 9. The minimum atomic E-state index is -1.33. The van der Waals surface area contributed by atoms with Crippen molar-refractivity contribution in [1.29, 1.82) is 0 Å². The minimum Gasteiger partial charge on any atom is -0.465 e. The van der Waals surface area contributed by atoms with Gasteiger partial charge in [-0.15, -0.1) is 0 Å². The van der Waals surface area contributed by atoms with Gasteiger partial charge in [-0.1, -0.05) is 21.6 Å². The van der Waals surface area contributed by atoms with Crippen LogP contribution in [0.1, 0.15) is 47.0 Å². The highest BCUT2D eigenvalue weighted by Crippen LogP contribution is 2.26. The summed E-state index contributed by atoms with van der Waals surface area (Å²) >= 11 is 0. The van der Waals surface area contributed by atoms with Gasteiger partial charge < -0.3 is 29.6 Å². The Bertz CT molecular complexity index is 571. The molecule has 0 bridgehead atoms. The normalized spacial score (nSPS) is 13.3. The van der Waals surface area contributed by atoms with Crippen molar-refractivity contribution in [2.24, 2.45) is 0 Å². The van der Waals surface area contributed by atoms with E-state index in [1.54, 1.807) is 6.92 Å². The first kappa shape index (κ1) is 28.7. The summed E-state index contributed by atoms with van der Waals surface area (Å²) in [7, 11) is 4.41. The minimum absolute atomic E-state index is 0.0830. The van der Waals surface area contributed by atoms with Gasteiger partial charge in [-0.2, -0.15) is 0 Å². The number of hydrogen-bond donors (Lipinski definition) is 2. The van der Waals surface area contributed by atoms with E-state index < -0.39 is 11.3 Å². The zero-order chi connectivity index (χ0) is 23.2. The zero-order valence-corrected chi connectivity index (χ0v) is 20.0. The number of amides is 2. The molecular weight excluding hydrogens is 432 g/mol. The molecular formula is C19H34N2O7S2. The van der Waals surface area contributed by atoms with Crippen LogP contribution in [0.3, 0.4) is 0 Å². The molecule has 0 spiro atoms. The Morgan fingerprint density at radius 2 is 1.83 bits per heavy atom. The summed E-state index contributed by atoms with van der Waals surface area (Å²) in [5, 5.41) is 13.1. The zero-order valence-electron chi connectivity index (χ0n) is 18.4. The molecule has 0 saturated carbocycles.